The average molecular weight is 287 g/mol. The number of amides is 1. The van der Waals surface area contributed by atoms with Gasteiger partial charge in [-0.15, -0.1) is 0 Å². The van der Waals surface area contributed by atoms with Crippen LogP contribution in [-0.2, 0) is 11.2 Å². The molecule has 0 radical (unpaired) electrons. The zero-order valence-corrected chi connectivity index (χ0v) is 11.1. The van der Waals surface area contributed by atoms with Crippen LogP contribution in [0.5, 0.6) is 0 Å². The predicted molar refractivity (Wildman–Crippen MR) is 77.7 cm³/mol. The van der Waals surface area contributed by atoms with Crippen LogP contribution in [0.1, 0.15) is 11.1 Å². The van der Waals surface area contributed by atoms with Crippen LogP contribution in [0.4, 0.5) is 10.1 Å². The average Bonchev–Trinajstić information content (AvgIpc) is 2.49. The summed E-state index contributed by atoms with van der Waals surface area (Å²) in [5, 5.41) is 13.8. The van der Waals surface area contributed by atoms with Gasteiger partial charge in [0.2, 0.25) is 5.91 Å². The maximum atomic E-state index is 13.8. The summed E-state index contributed by atoms with van der Waals surface area (Å²) in [6.07, 6.45) is 0.155. The molecule has 0 unspecified atom stereocenters. The Morgan fingerprint density at radius 3 is 2.57 bits per heavy atom. The minimum Gasteiger partial charge on any atom is -0.409 e. The Morgan fingerprint density at radius 2 is 1.95 bits per heavy atom. The summed E-state index contributed by atoms with van der Waals surface area (Å²) < 4.78 is 13.8. The molecular formula is C15H14FN3O2. The summed E-state index contributed by atoms with van der Waals surface area (Å²) in [5.41, 5.74) is 6.48. The summed E-state index contributed by atoms with van der Waals surface area (Å²) >= 11 is 0. The number of nitrogens with one attached hydrogen (secondary N) is 1. The molecule has 0 aromatic heterocycles. The van der Waals surface area contributed by atoms with Crippen molar-refractivity contribution in [2.75, 3.05) is 5.32 Å². The molecular weight excluding hydrogens is 273 g/mol. The number of nitrogens with two attached hydrogens (primary N) is 1. The highest BCUT2D eigenvalue weighted by Gasteiger charge is 2.10. The van der Waals surface area contributed by atoms with Crippen molar-refractivity contribution in [1.82, 2.24) is 0 Å². The molecule has 0 fully saturated rings. The van der Waals surface area contributed by atoms with Crippen LogP contribution in [0.25, 0.3) is 0 Å². The van der Waals surface area contributed by atoms with Gasteiger partial charge in [0.05, 0.1) is 12.1 Å². The maximum absolute atomic E-state index is 13.8. The smallest absolute Gasteiger partial charge is 0.228 e. The fourth-order valence-electron chi connectivity index (χ4n) is 1.81. The standard InChI is InChI=1S/C15H14FN3O2/c16-12-9-11(15(17)19-21)6-7-13(12)18-14(20)8-10-4-2-1-3-5-10/h1-7,9,21H,8H2,(H2,17,19)(H,18,20). The van der Waals surface area contributed by atoms with E-state index in [0.717, 1.165) is 11.6 Å². The normalized spacial score (nSPS) is 11.2. The lowest BCUT2D eigenvalue weighted by atomic mass is 10.1. The quantitative estimate of drug-likeness (QED) is 0.348. The molecule has 1 amide bonds. The van der Waals surface area contributed by atoms with Crippen molar-refractivity contribution in [2.24, 2.45) is 10.9 Å². The third-order valence-corrected chi connectivity index (χ3v) is 2.85. The summed E-state index contributed by atoms with van der Waals surface area (Å²) in [6.45, 7) is 0. The van der Waals surface area contributed by atoms with Gasteiger partial charge in [0.15, 0.2) is 5.84 Å². The molecule has 0 aliphatic carbocycles. The number of rotatable bonds is 4. The molecule has 0 spiro atoms. The number of oxime groups is 1. The van der Waals surface area contributed by atoms with Gasteiger partial charge in [-0.3, -0.25) is 4.79 Å². The summed E-state index contributed by atoms with van der Waals surface area (Å²) in [4.78, 5) is 11.8. The van der Waals surface area contributed by atoms with Gasteiger partial charge in [0, 0.05) is 5.56 Å². The number of anilines is 1. The second-order valence-corrected chi connectivity index (χ2v) is 4.39. The fraction of sp³-hybridized carbons (Fsp3) is 0.0667. The van der Waals surface area contributed by atoms with Gasteiger partial charge in [-0.05, 0) is 23.8 Å². The van der Waals surface area contributed by atoms with Crippen LogP contribution in [0.2, 0.25) is 0 Å². The topological polar surface area (TPSA) is 87.7 Å². The second-order valence-electron chi connectivity index (χ2n) is 4.39. The van der Waals surface area contributed by atoms with Crippen molar-refractivity contribution in [2.45, 2.75) is 6.42 Å². The molecule has 0 bridgehead atoms. The molecule has 0 heterocycles. The van der Waals surface area contributed by atoms with E-state index in [9.17, 15) is 9.18 Å². The fourth-order valence-corrected chi connectivity index (χ4v) is 1.81. The molecule has 0 aliphatic rings. The van der Waals surface area contributed by atoms with Crippen molar-refractivity contribution in [3.05, 3.63) is 65.5 Å². The van der Waals surface area contributed by atoms with Crippen LogP contribution in [0.15, 0.2) is 53.7 Å². The van der Waals surface area contributed by atoms with Gasteiger partial charge in [-0.2, -0.15) is 0 Å². The first-order valence-corrected chi connectivity index (χ1v) is 6.21. The van der Waals surface area contributed by atoms with Crippen molar-refractivity contribution in [3.8, 4) is 0 Å². The van der Waals surface area contributed by atoms with Gasteiger partial charge >= 0.3 is 0 Å². The van der Waals surface area contributed by atoms with E-state index in [2.05, 4.69) is 10.5 Å². The minimum atomic E-state index is -0.652. The zero-order valence-electron chi connectivity index (χ0n) is 11.1. The largest absolute Gasteiger partial charge is 0.409 e. The summed E-state index contributed by atoms with van der Waals surface area (Å²) in [6, 6.07) is 13.1. The molecule has 4 N–H and O–H groups in total. The molecule has 0 saturated heterocycles. The van der Waals surface area contributed by atoms with Crippen LogP contribution in [-0.4, -0.2) is 17.0 Å². The van der Waals surface area contributed by atoms with Gasteiger partial charge in [-0.25, -0.2) is 4.39 Å². The SMILES string of the molecule is N/C(=N/O)c1ccc(NC(=O)Cc2ccccc2)c(F)c1. The molecule has 5 nitrogen and oxygen atoms in total. The lowest BCUT2D eigenvalue weighted by Crippen LogP contribution is -2.17. The molecule has 21 heavy (non-hydrogen) atoms. The van der Waals surface area contributed by atoms with Crippen LogP contribution < -0.4 is 11.1 Å². The van der Waals surface area contributed by atoms with E-state index < -0.39 is 5.82 Å². The first-order chi connectivity index (χ1) is 10.1. The lowest BCUT2D eigenvalue weighted by Gasteiger charge is -2.08. The highest BCUT2D eigenvalue weighted by Crippen LogP contribution is 2.16. The predicted octanol–water partition coefficient (Wildman–Crippen LogP) is 2.10. The molecule has 2 aromatic carbocycles. The van der Waals surface area contributed by atoms with E-state index in [0.29, 0.717) is 0 Å². The summed E-state index contributed by atoms with van der Waals surface area (Å²) in [7, 11) is 0. The molecule has 2 rings (SSSR count). The van der Waals surface area contributed by atoms with Crippen molar-refractivity contribution in [1.29, 1.82) is 0 Å². The maximum Gasteiger partial charge on any atom is 0.228 e. The lowest BCUT2D eigenvalue weighted by molar-refractivity contribution is -0.115. The van der Waals surface area contributed by atoms with Crippen LogP contribution in [0.3, 0.4) is 0 Å². The van der Waals surface area contributed by atoms with E-state index in [4.69, 9.17) is 10.9 Å². The Morgan fingerprint density at radius 1 is 1.24 bits per heavy atom. The monoisotopic (exact) mass is 287 g/mol. The molecule has 0 saturated carbocycles. The Balaban J connectivity index is 2.08. The summed E-state index contributed by atoms with van der Waals surface area (Å²) in [5.74, 6) is -1.17. The van der Waals surface area contributed by atoms with E-state index in [1.807, 2.05) is 30.3 Å². The third kappa shape index (κ3) is 3.79. The Bertz CT molecular complexity index is 672. The van der Waals surface area contributed by atoms with Crippen LogP contribution >= 0.6 is 0 Å². The van der Waals surface area contributed by atoms with Crippen molar-refractivity contribution in [3.63, 3.8) is 0 Å². The number of carbonyl (C=O) groups is 1. The van der Waals surface area contributed by atoms with Crippen molar-refractivity contribution < 1.29 is 14.4 Å². The first-order valence-electron chi connectivity index (χ1n) is 6.21. The Hall–Kier alpha value is -2.89. The van der Waals surface area contributed by atoms with Gasteiger partial charge < -0.3 is 16.3 Å². The number of carbonyl (C=O) groups excluding carboxylic acids is 1. The van der Waals surface area contributed by atoms with Gasteiger partial charge in [-0.1, -0.05) is 35.5 Å². The van der Waals surface area contributed by atoms with Crippen LogP contribution in [0, 0.1) is 5.82 Å². The number of halogens is 1. The highest BCUT2D eigenvalue weighted by atomic mass is 19.1. The minimum absolute atomic E-state index is 0.0467. The number of benzene rings is 2. The van der Waals surface area contributed by atoms with Crippen molar-refractivity contribution >= 4 is 17.4 Å². The van der Waals surface area contributed by atoms with Gasteiger partial charge in [0.25, 0.3) is 0 Å². The molecule has 6 heteroatoms. The number of amidine groups is 1. The Kier molecular flexibility index (Phi) is 4.50. The van der Waals surface area contributed by atoms with E-state index >= 15 is 0 Å². The Labute approximate surface area is 120 Å². The second kappa shape index (κ2) is 6.51. The van der Waals surface area contributed by atoms with E-state index in [1.54, 1.807) is 0 Å². The molecule has 0 aliphatic heterocycles. The van der Waals surface area contributed by atoms with E-state index in [1.165, 1.54) is 12.1 Å². The zero-order chi connectivity index (χ0) is 15.2. The van der Waals surface area contributed by atoms with E-state index in [-0.39, 0.29) is 29.4 Å². The highest BCUT2D eigenvalue weighted by molar-refractivity contribution is 5.98. The molecule has 2 aromatic rings. The molecule has 108 valence electrons. The number of hydrogen-bond donors (Lipinski definition) is 3. The number of hydrogen-bond acceptors (Lipinski definition) is 3. The first kappa shape index (κ1) is 14.5. The third-order valence-electron chi connectivity index (χ3n) is 2.85. The van der Waals surface area contributed by atoms with Gasteiger partial charge in [0.1, 0.15) is 5.82 Å². The number of nitrogens with zero attached hydrogens (tertiary/aromatic N) is 1. The molecule has 0 atom stereocenters.